The number of esters is 1. The van der Waals surface area contributed by atoms with Crippen molar-refractivity contribution in [1.29, 1.82) is 0 Å². The molecule has 2 rings (SSSR count). The lowest BCUT2D eigenvalue weighted by molar-refractivity contribution is -0.123. The summed E-state index contributed by atoms with van der Waals surface area (Å²) < 4.78 is 31.4. The molecule has 2 aromatic rings. The van der Waals surface area contributed by atoms with Crippen LogP contribution in [0.25, 0.3) is 0 Å². The van der Waals surface area contributed by atoms with Crippen molar-refractivity contribution in [1.82, 2.24) is 9.71 Å². The number of anilines is 1. The molecule has 0 saturated carbocycles. The van der Waals surface area contributed by atoms with E-state index in [4.69, 9.17) is 22.8 Å². The Balaban J connectivity index is 2.05. The first-order valence-corrected chi connectivity index (χ1v) is 9.75. The largest absolute Gasteiger partial charge is 0.449 e. The van der Waals surface area contributed by atoms with Gasteiger partial charge in [0.2, 0.25) is 10.0 Å². The number of terminal acetylenes is 1. The summed E-state index contributed by atoms with van der Waals surface area (Å²) in [4.78, 5) is 28.1. The molecule has 146 valence electrons. The summed E-state index contributed by atoms with van der Waals surface area (Å²) in [5.41, 5.74) is -0.0344. The average Bonchev–Trinajstić information content (AvgIpc) is 2.68. The third-order valence-corrected chi connectivity index (χ3v) is 5.00. The lowest BCUT2D eigenvalue weighted by Crippen LogP contribution is -2.30. The zero-order valence-electron chi connectivity index (χ0n) is 14.7. The third kappa shape index (κ3) is 5.79. The number of carbonyl (C=O) groups excluding carboxylic acids is 2. The summed E-state index contributed by atoms with van der Waals surface area (Å²) in [6.45, 7) is 1.19. The Kier molecular flexibility index (Phi) is 7.12. The normalized spacial score (nSPS) is 11.9. The molecule has 0 aliphatic rings. The standard InChI is InChI=1S/C18H16ClN3O5S/c1-3-9-21-28(25,26)15-6-4-5-13(10-15)18(24)27-12(2)17(23)22-16-8-7-14(19)11-20-16/h1,4-8,10-12,21H,9H2,2H3,(H,20,22,23). The molecule has 0 radical (unpaired) electrons. The Labute approximate surface area is 167 Å². The fourth-order valence-corrected chi connectivity index (χ4v) is 3.06. The number of pyridine rings is 1. The van der Waals surface area contributed by atoms with E-state index >= 15 is 0 Å². The van der Waals surface area contributed by atoms with Crippen LogP contribution in [0, 0.1) is 12.3 Å². The highest BCUT2D eigenvalue weighted by Gasteiger charge is 2.21. The Morgan fingerprint density at radius 2 is 2.07 bits per heavy atom. The van der Waals surface area contributed by atoms with Gasteiger partial charge in [-0.25, -0.2) is 18.2 Å². The molecule has 2 N–H and O–H groups in total. The van der Waals surface area contributed by atoms with E-state index in [2.05, 4.69) is 20.9 Å². The van der Waals surface area contributed by atoms with Crippen LogP contribution in [0.5, 0.6) is 0 Å². The number of carbonyl (C=O) groups is 2. The topological polar surface area (TPSA) is 114 Å². The lowest BCUT2D eigenvalue weighted by Gasteiger charge is -2.13. The van der Waals surface area contributed by atoms with Crippen LogP contribution in [0.4, 0.5) is 5.82 Å². The third-order valence-electron chi connectivity index (χ3n) is 3.38. The first-order chi connectivity index (χ1) is 13.2. The number of amides is 1. The van der Waals surface area contributed by atoms with E-state index in [0.717, 1.165) is 6.07 Å². The molecular weight excluding hydrogens is 406 g/mol. The molecule has 0 saturated heterocycles. The summed E-state index contributed by atoms with van der Waals surface area (Å²) >= 11 is 5.72. The maximum atomic E-state index is 12.3. The maximum absolute atomic E-state index is 12.3. The summed E-state index contributed by atoms with van der Waals surface area (Å²) in [7, 11) is -3.87. The highest BCUT2D eigenvalue weighted by Crippen LogP contribution is 2.14. The number of hydrogen-bond acceptors (Lipinski definition) is 6. The Bertz CT molecular complexity index is 1020. The van der Waals surface area contributed by atoms with Crippen molar-refractivity contribution >= 4 is 39.3 Å². The van der Waals surface area contributed by atoms with Gasteiger partial charge in [0.15, 0.2) is 6.10 Å². The average molecular weight is 422 g/mol. The molecule has 1 atom stereocenters. The van der Waals surface area contributed by atoms with Crippen LogP contribution in [0.15, 0.2) is 47.5 Å². The van der Waals surface area contributed by atoms with Gasteiger partial charge in [-0.3, -0.25) is 4.79 Å². The summed E-state index contributed by atoms with van der Waals surface area (Å²) in [6.07, 6.45) is 5.24. The van der Waals surface area contributed by atoms with Crippen molar-refractivity contribution < 1.29 is 22.7 Å². The second-order valence-electron chi connectivity index (χ2n) is 5.45. The van der Waals surface area contributed by atoms with Crippen LogP contribution in [0.2, 0.25) is 5.02 Å². The van der Waals surface area contributed by atoms with Crippen molar-refractivity contribution in [2.75, 3.05) is 11.9 Å². The SMILES string of the molecule is C#CCNS(=O)(=O)c1cccc(C(=O)OC(C)C(=O)Nc2ccc(Cl)cn2)c1. The van der Waals surface area contributed by atoms with Crippen molar-refractivity contribution in [3.05, 3.63) is 53.2 Å². The van der Waals surface area contributed by atoms with E-state index in [0.29, 0.717) is 5.02 Å². The van der Waals surface area contributed by atoms with E-state index in [1.165, 1.54) is 37.4 Å². The van der Waals surface area contributed by atoms with E-state index < -0.39 is 28.0 Å². The molecule has 1 amide bonds. The van der Waals surface area contributed by atoms with Crippen molar-refractivity contribution in [3.8, 4) is 12.3 Å². The Morgan fingerprint density at radius 1 is 1.32 bits per heavy atom. The van der Waals surface area contributed by atoms with Crippen molar-refractivity contribution in [3.63, 3.8) is 0 Å². The summed E-state index contributed by atoms with van der Waals surface area (Å²) in [6, 6.07) is 8.22. The molecule has 28 heavy (non-hydrogen) atoms. The predicted molar refractivity (Wildman–Crippen MR) is 103 cm³/mol. The van der Waals surface area contributed by atoms with Crippen molar-refractivity contribution in [2.24, 2.45) is 0 Å². The van der Waals surface area contributed by atoms with Gasteiger partial charge in [0, 0.05) is 6.20 Å². The first-order valence-electron chi connectivity index (χ1n) is 7.89. The minimum atomic E-state index is -3.87. The zero-order chi connectivity index (χ0) is 20.7. The molecule has 1 aromatic carbocycles. The van der Waals surface area contributed by atoms with Gasteiger partial charge in [0.25, 0.3) is 5.91 Å². The number of rotatable bonds is 7. The molecule has 1 heterocycles. The molecule has 10 heteroatoms. The minimum absolute atomic E-state index is 0.0344. The fraction of sp³-hybridized carbons (Fsp3) is 0.167. The first kappa shape index (κ1) is 21.4. The van der Waals surface area contributed by atoms with Crippen LogP contribution in [0.3, 0.4) is 0 Å². The molecular formula is C18H16ClN3O5S. The van der Waals surface area contributed by atoms with E-state index in [9.17, 15) is 18.0 Å². The van der Waals surface area contributed by atoms with E-state index in [1.54, 1.807) is 6.07 Å². The van der Waals surface area contributed by atoms with E-state index in [1.807, 2.05) is 0 Å². The molecule has 8 nitrogen and oxygen atoms in total. The number of sulfonamides is 1. The number of nitrogens with zero attached hydrogens (tertiary/aromatic N) is 1. The summed E-state index contributed by atoms with van der Waals surface area (Å²) in [5.74, 6) is 0.925. The number of aromatic nitrogens is 1. The number of ether oxygens (including phenoxy) is 1. The second-order valence-corrected chi connectivity index (χ2v) is 7.66. The van der Waals surface area contributed by atoms with Gasteiger partial charge in [0.05, 0.1) is 22.0 Å². The van der Waals surface area contributed by atoms with Gasteiger partial charge in [-0.2, -0.15) is 4.72 Å². The van der Waals surface area contributed by atoms with Gasteiger partial charge in [-0.1, -0.05) is 23.6 Å². The van der Waals surface area contributed by atoms with Crippen molar-refractivity contribution in [2.45, 2.75) is 17.9 Å². The molecule has 1 unspecified atom stereocenters. The highest BCUT2D eigenvalue weighted by atomic mass is 35.5. The number of benzene rings is 1. The summed E-state index contributed by atoms with van der Waals surface area (Å²) in [5, 5.41) is 2.88. The molecule has 0 aliphatic carbocycles. The molecule has 0 spiro atoms. The highest BCUT2D eigenvalue weighted by molar-refractivity contribution is 7.89. The fourth-order valence-electron chi connectivity index (χ4n) is 1.97. The maximum Gasteiger partial charge on any atom is 0.338 e. The van der Waals surface area contributed by atoms with Gasteiger partial charge in [-0.05, 0) is 37.3 Å². The Morgan fingerprint density at radius 3 is 2.71 bits per heavy atom. The van der Waals surface area contributed by atoms with Crippen LogP contribution >= 0.6 is 11.6 Å². The van der Waals surface area contributed by atoms with Gasteiger partial charge < -0.3 is 10.1 Å². The van der Waals surface area contributed by atoms with Crippen LogP contribution in [-0.2, 0) is 19.6 Å². The Hall–Kier alpha value is -2.93. The van der Waals surface area contributed by atoms with Crippen LogP contribution in [0.1, 0.15) is 17.3 Å². The van der Waals surface area contributed by atoms with Gasteiger partial charge >= 0.3 is 5.97 Å². The molecule has 1 aromatic heterocycles. The number of nitrogens with one attached hydrogen (secondary N) is 2. The quantitative estimate of drug-likeness (QED) is 0.520. The monoisotopic (exact) mass is 421 g/mol. The zero-order valence-corrected chi connectivity index (χ0v) is 16.3. The van der Waals surface area contributed by atoms with Gasteiger partial charge in [0.1, 0.15) is 5.82 Å². The lowest BCUT2D eigenvalue weighted by atomic mass is 10.2. The predicted octanol–water partition coefficient (Wildman–Crippen LogP) is 1.83. The number of halogens is 1. The molecule has 0 fully saturated rings. The molecule has 0 bridgehead atoms. The molecule has 0 aliphatic heterocycles. The smallest absolute Gasteiger partial charge is 0.338 e. The van der Waals surface area contributed by atoms with E-state index in [-0.39, 0.29) is 22.8 Å². The van der Waals surface area contributed by atoms with Crippen LogP contribution in [-0.4, -0.2) is 37.9 Å². The van der Waals surface area contributed by atoms with Crippen LogP contribution < -0.4 is 10.0 Å². The van der Waals surface area contributed by atoms with Gasteiger partial charge in [-0.15, -0.1) is 6.42 Å². The number of hydrogen-bond donors (Lipinski definition) is 2. The minimum Gasteiger partial charge on any atom is -0.449 e. The second kappa shape index (κ2) is 9.32.